The van der Waals surface area contributed by atoms with E-state index >= 15 is 0 Å². The van der Waals surface area contributed by atoms with E-state index in [2.05, 4.69) is 4.98 Å². The highest BCUT2D eigenvalue weighted by Gasteiger charge is 2.26. The molecule has 0 aromatic carbocycles. The Kier molecular flexibility index (Phi) is 2.68. The fraction of sp³-hybridized carbons (Fsp3) is 0.545. The van der Waals surface area contributed by atoms with E-state index in [0.717, 1.165) is 30.7 Å². The lowest BCUT2D eigenvalue weighted by atomic mass is 10.2. The minimum atomic E-state index is -0.309. The van der Waals surface area contributed by atoms with Gasteiger partial charge in [-0.3, -0.25) is 4.98 Å². The standard InChI is InChI=1S/C11H15NO2/c1-8-5-6-9(7-12-8)14-11-4-2-3-10(11)13/h5-7,10-11,13H,2-4H2,1H3/t10-,11-/m1/s1. The molecule has 1 aliphatic rings. The summed E-state index contributed by atoms with van der Waals surface area (Å²) in [5.41, 5.74) is 0.976. The molecule has 1 aromatic rings. The van der Waals surface area contributed by atoms with E-state index in [1.165, 1.54) is 0 Å². The molecule has 2 rings (SSSR count). The van der Waals surface area contributed by atoms with Gasteiger partial charge < -0.3 is 9.84 Å². The van der Waals surface area contributed by atoms with Gasteiger partial charge in [0.15, 0.2) is 0 Å². The van der Waals surface area contributed by atoms with Gasteiger partial charge in [-0.05, 0) is 38.3 Å². The van der Waals surface area contributed by atoms with Crippen LogP contribution in [0.5, 0.6) is 5.75 Å². The van der Waals surface area contributed by atoms with Crippen molar-refractivity contribution in [1.29, 1.82) is 0 Å². The van der Waals surface area contributed by atoms with Crippen molar-refractivity contribution in [2.75, 3.05) is 0 Å². The molecule has 0 unspecified atom stereocenters. The number of rotatable bonds is 2. The van der Waals surface area contributed by atoms with Crippen LogP contribution in [0.15, 0.2) is 18.3 Å². The number of hydrogen-bond donors (Lipinski definition) is 1. The summed E-state index contributed by atoms with van der Waals surface area (Å²) in [5.74, 6) is 0.751. The smallest absolute Gasteiger partial charge is 0.138 e. The first kappa shape index (κ1) is 9.46. The highest BCUT2D eigenvalue weighted by Crippen LogP contribution is 2.24. The zero-order valence-corrected chi connectivity index (χ0v) is 8.31. The summed E-state index contributed by atoms with van der Waals surface area (Å²) in [4.78, 5) is 4.14. The van der Waals surface area contributed by atoms with Crippen molar-refractivity contribution in [3.63, 3.8) is 0 Å². The topological polar surface area (TPSA) is 42.4 Å². The van der Waals surface area contributed by atoms with Crippen molar-refractivity contribution in [2.45, 2.75) is 38.4 Å². The molecule has 3 nitrogen and oxygen atoms in total. The molecule has 14 heavy (non-hydrogen) atoms. The molecule has 1 saturated carbocycles. The van der Waals surface area contributed by atoms with E-state index in [9.17, 15) is 5.11 Å². The van der Waals surface area contributed by atoms with Gasteiger partial charge in [-0.15, -0.1) is 0 Å². The predicted molar refractivity (Wildman–Crippen MR) is 53.2 cm³/mol. The van der Waals surface area contributed by atoms with Crippen LogP contribution in [0.2, 0.25) is 0 Å². The number of aromatic nitrogens is 1. The molecular formula is C11H15NO2. The van der Waals surface area contributed by atoms with E-state index in [1.807, 2.05) is 19.1 Å². The predicted octanol–water partition coefficient (Wildman–Crippen LogP) is 1.68. The number of ether oxygens (including phenoxy) is 1. The van der Waals surface area contributed by atoms with Crippen molar-refractivity contribution in [1.82, 2.24) is 4.98 Å². The Labute approximate surface area is 83.7 Å². The van der Waals surface area contributed by atoms with Gasteiger partial charge in [-0.25, -0.2) is 0 Å². The van der Waals surface area contributed by atoms with Gasteiger partial charge in [0.1, 0.15) is 11.9 Å². The molecule has 3 heteroatoms. The second kappa shape index (κ2) is 3.96. The molecule has 1 heterocycles. The number of nitrogens with zero attached hydrogens (tertiary/aromatic N) is 1. The highest BCUT2D eigenvalue weighted by atomic mass is 16.5. The number of hydrogen-bond acceptors (Lipinski definition) is 3. The minimum Gasteiger partial charge on any atom is -0.486 e. The summed E-state index contributed by atoms with van der Waals surface area (Å²) in [6.45, 7) is 1.94. The maximum atomic E-state index is 9.56. The molecule has 2 atom stereocenters. The number of aliphatic hydroxyl groups excluding tert-OH is 1. The van der Waals surface area contributed by atoms with Crippen molar-refractivity contribution in [3.8, 4) is 5.75 Å². The van der Waals surface area contributed by atoms with Crippen LogP contribution in [-0.2, 0) is 0 Å². The Morgan fingerprint density at radius 3 is 2.86 bits per heavy atom. The van der Waals surface area contributed by atoms with Crippen molar-refractivity contribution in [3.05, 3.63) is 24.0 Å². The molecule has 1 fully saturated rings. The largest absolute Gasteiger partial charge is 0.486 e. The zero-order valence-electron chi connectivity index (χ0n) is 8.31. The SMILES string of the molecule is Cc1ccc(O[C@@H]2CCC[C@H]2O)cn1. The Bertz CT molecular complexity index is 297. The molecule has 0 saturated heterocycles. The minimum absolute atomic E-state index is 0.0421. The summed E-state index contributed by atoms with van der Waals surface area (Å²) >= 11 is 0. The van der Waals surface area contributed by atoms with Crippen LogP contribution in [0.4, 0.5) is 0 Å². The fourth-order valence-corrected chi connectivity index (χ4v) is 1.74. The lowest BCUT2D eigenvalue weighted by molar-refractivity contribution is 0.0601. The van der Waals surface area contributed by atoms with Crippen molar-refractivity contribution >= 4 is 0 Å². The maximum Gasteiger partial charge on any atom is 0.138 e. The van der Waals surface area contributed by atoms with Gasteiger partial charge >= 0.3 is 0 Å². The van der Waals surface area contributed by atoms with E-state index in [4.69, 9.17) is 4.74 Å². The summed E-state index contributed by atoms with van der Waals surface area (Å²) in [6.07, 6.45) is 4.20. The van der Waals surface area contributed by atoms with Crippen LogP contribution < -0.4 is 4.74 Å². The maximum absolute atomic E-state index is 9.56. The van der Waals surface area contributed by atoms with Gasteiger partial charge in [0.25, 0.3) is 0 Å². The molecule has 0 aliphatic heterocycles. The van der Waals surface area contributed by atoms with Crippen LogP contribution in [-0.4, -0.2) is 22.3 Å². The van der Waals surface area contributed by atoms with Crippen molar-refractivity contribution < 1.29 is 9.84 Å². The van der Waals surface area contributed by atoms with Gasteiger partial charge in [0.2, 0.25) is 0 Å². The fourth-order valence-electron chi connectivity index (χ4n) is 1.74. The summed E-state index contributed by atoms with van der Waals surface area (Å²) in [7, 11) is 0. The highest BCUT2D eigenvalue weighted by molar-refractivity contribution is 5.19. The first-order valence-corrected chi connectivity index (χ1v) is 5.03. The monoisotopic (exact) mass is 193 g/mol. The van der Waals surface area contributed by atoms with Gasteiger partial charge in [0, 0.05) is 5.69 Å². The first-order chi connectivity index (χ1) is 6.75. The third-order valence-electron chi connectivity index (χ3n) is 2.59. The van der Waals surface area contributed by atoms with E-state index in [0.29, 0.717) is 0 Å². The van der Waals surface area contributed by atoms with Crippen molar-refractivity contribution in [2.24, 2.45) is 0 Å². The second-order valence-electron chi connectivity index (χ2n) is 3.79. The van der Waals surface area contributed by atoms with Gasteiger partial charge in [0.05, 0.1) is 12.3 Å². The van der Waals surface area contributed by atoms with Gasteiger partial charge in [-0.2, -0.15) is 0 Å². The third kappa shape index (κ3) is 2.04. The van der Waals surface area contributed by atoms with Crippen LogP contribution in [0, 0.1) is 6.92 Å². The first-order valence-electron chi connectivity index (χ1n) is 5.03. The number of aryl methyl sites for hydroxylation is 1. The molecule has 76 valence electrons. The van der Waals surface area contributed by atoms with Crippen LogP contribution in [0.25, 0.3) is 0 Å². The average molecular weight is 193 g/mol. The van der Waals surface area contributed by atoms with E-state index in [1.54, 1.807) is 6.20 Å². The molecule has 0 radical (unpaired) electrons. The van der Waals surface area contributed by atoms with Crippen LogP contribution >= 0.6 is 0 Å². The Morgan fingerprint density at radius 2 is 2.29 bits per heavy atom. The average Bonchev–Trinajstić information content (AvgIpc) is 2.56. The lowest BCUT2D eigenvalue weighted by Gasteiger charge is -2.16. The molecule has 0 bridgehead atoms. The zero-order chi connectivity index (χ0) is 9.97. The Morgan fingerprint density at radius 1 is 1.43 bits per heavy atom. The van der Waals surface area contributed by atoms with Crippen LogP contribution in [0.1, 0.15) is 25.0 Å². The summed E-state index contributed by atoms with van der Waals surface area (Å²) in [6, 6.07) is 3.81. The molecule has 0 spiro atoms. The third-order valence-corrected chi connectivity index (χ3v) is 2.59. The van der Waals surface area contributed by atoms with Gasteiger partial charge in [-0.1, -0.05) is 0 Å². The number of pyridine rings is 1. The molecule has 1 N–H and O–H groups in total. The quantitative estimate of drug-likeness (QED) is 0.777. The summed E-state index contributed by atoms with van der Waals surface area (Å²) in [5, 5.41) is 9.56. The van der Waals surface area contributed by atoms with E-state index in [-0.39, 0.29) is 12.2 Å². The second-order valence-corrected chi connectivity index (χ2v) is 3.79. The molecule has 1 aromatic heterocycles. The normalized spacial score (nSPS) is 26.4. The molecule has 1 aliphatic carbocycles. The Balaban J connectivity index is 2.00. The van der Waals surface area contributed by atoms with E-state index < -0.39 is 0 Å². The lowest BCUT2D eigenvalue weighted by Crippen LogP contribution is -2.25. The number of aliphatic hydroxyl groups is 1. The summed E-state index contributed by atoms with van der Waals surface area (Å²) < 4.78 is 5.63. The molecule has 0 amide bonds. The van der Waals surface area contributed by atoms with Crippen LogP contribution in [0.3, 0.4) is 0 Å². The molecular weight excluding hydrogens is 178 g/mol. The Hall–Kier alpha value is -1.09.